The topological polar surface area (TPSA) is 60.9 Å². The van der Waals surface area contributed by atoms with Crippen LogP contribution in [-0.4, -0.2) is 56.3 Å². The summed E-state index contributed by atoms with van der Waals surface area (Å²) in [5.74, 6) is -0.529. The standard InChI is InChI=1S/C25H25BrFN3O3S/c26-21-8-6-20(7-9-21)18-30(34(32,33)24-4-2-1-3-5-24)19-25(31)29-16-14-28(15-17-29)23-12-10-22(27)11-13-23/h1-13H,14-19H2. The van der Waals surface area contributed by atoms with E-state index in [1.165, 1.54) is 28.6 Å². The highest BCUT2D eigenvalue weighted by atomic mass is 79.9. The van der Waals surface area contributed by atoms with Crippen molar-refractivity contribution in [3.8, 4) is 0 Å². The van der Waals surface area contributed by atoms with Crippen molar-refractivity contribution in [1.82, 2.24) is 9.21 Å². The summed E-state index contributed by atoms with van der Waals surface area (Å²) >= 11 is 3.39. The molecular weight excluding hydrogens is 521 g/mol. The van der Waals surface area contributed by atoms with E-state index in [1.807, 2.05) is 24.3 Å². The Morgan fingerprint density at radius 1 is 0.882 bits per heavy atom. The van der Waals surface area contributed by atoms with Crippen molar-refractivity contribution in [3.05, 3.63) is 94.7 Å². The third kappa shape index (κ3) is 5.84. The summed E-state index contributed by atoms with van der Waals surface area (Å²) in [7, 11) is -3.87. The van der Waals surface area contributed by atoms with Crippen LogP contribution in [0.25, 0.3) is 0 Å². The summed E-state index contributed by atoms with van der Waals surface area (Å²) in [5, 5.41) is 0. The van der Waals surface area contributed by atoms with E-state index in [-0.39, 0.29) is 29.7 Å². The second kappa shape index (κ2) is 10.7. The maximum atomic E-state index is 13.4. The highest BCUT2D eigenvalue weighted by Gasteiger charge is 2.30. The molecule has 1 amide bonds. The smallest absolute Gasteiger partial charge is 0.243 e. The lowest BCUT2D eigenvalue weighted by Gasteiger charge is -2.37. The van der Waals surface area contributed by atoms with Crippen LogP contribution >= 0.6 is 15.9 Å². The van der Waals surface area contributed by atoms with E-state index in [9.17, 15) is 17.6 Å². The van der Waals surface area contributed by atoms with Gasteiger partial charge >= 0.3 is 0 Å². The first-order valence-corrected chi connectivity index (χ1v) is 13.1. The molecule has 0 bridgehead atoms. The number of amides is 1. The van der Waals surface area contributed by atoms with Crippen molar-refractivity contribution in [2.24, 2.45) is 0 Å². The number of rotatable bonds is 7. The summed E-state index contributed by atoms with van der Waals surface area (Å²) in [4.78, 5) is 17.1. The molecule has 4 rings (SSSR count). The van der Waals surface area contributed by atoms with Crippen molar-refractivity contribution in [3.63, 3.8) is 0 Å². The Morgan fingerprint density at radius 3 is 2.12 bits per heavy atom. The third-order valence-corrected chi connectivity index (χ3v) is 8.12. The predicted molar refractivity (Wildman–Crippen MR) is 133 cm³/mol. The molecule has 0 atom stereocenters. The number of hydrogen-bond acceptors (Lipinski definition) is 4. The molecule has 1 fully saturated rings. The van der Waals surface area contributed by atoms with Crippen LogP contribution in [0, 0.1) is 5.82 Å². The minimum Gasteiger partial charge on any atom is -0.368 e. The van der Waals surface area contributed by atoms with E-state index in [2.05, 4.69) is 20.8 Å². The number of halogens is 2. The van der Waals surface area contributed by atoms with Crippen LogP contribution in [0.2, 0.25) is 0 Å². The Kier molecular flexibility index (Phi) is 7.65. The lowest BCUT2D eigenvalue weighted by atomic mass is 10.2. The molecule has 3 aromatic rings. The maximum Gasteiger partial charge on any atom is 0.243 e. The first-order valence-electron chi connectivity index (χ1n) is 10.9. The lowest BCUT2D eigenvalue weighted by Crippen LogP contribution is -2.51. The number of hydrogen-bond donors (Lipinski definition) is 0. The van der Waals surface area contributed by atoms with Crippen molar-refractivity contribution in [1.29, 1.82) is 0 Å². The second-order valence-electron chi connectivity index (χ2n) is 8.06. The molecule has 178 valence electrons. The zero-order valence-corrected chi connectivity index (χ0v) is 20.9. The lowest BCUT2D eigenvalue weighted by molar-refractivity contribution is -0.131. The summed E-state index contributed by atoms with van der Waals surface area (Å²) in [6.45, 7) is 1.96. The Bertz CT molecular complexity index is 1210. The molecular formula is C25H25BrFN3O3S. The largest absolute Gasteiger partial charge is 0.368 e. The molecule has 6 nitrogen and oxygen atoms in total. The zero-order chi connectivity index (χ0) is 24.1. The van der Waals surface area contributed by atoms with E-state index in [4.69, 9.17) is 0 Å². The molecule has 1 aliphatic heterocycles. The second-order valence-corrected chi connectivity index (χ2v) is 10.9. The highest BCUT2D eigenvalue weighted by Crippen LogP contribution is 2.21. The number of carbonyl (C=O) groups is 1. The van der Waals surface area contributed by atoms with Gasteiger partial charge in [-0.2, -0.15) is 4.31 Å². The van der Waals surface area contributed by atoms with Crippen LogP contribution in [0.15, 0.2) is 88.2 Å². The van der Waals surface area contributed by atoms with Gasteiger partial charge in [0.2, 0.25) is 15.9 Å². The minimum atomic E-state index is -3.87. The highest BCUT2D eigenvalue weighted by molar-refractivity contribution is 9.10. The predicted octanol–water partition coefficient (Wildman–Crippen LogP) is 4.13. The van der Waals surface area contributed by atoms with Gasteiger partial charge in [0, 0.05) is 42.9 Å². The molecule has 0 spiro atoms. The number of anilines is 1. The van der Waals surface area contributed by atoms with Gasteiger partial charge in [-0.15, -0.1) is 0 Å². The van der Waals surface area contributed by atoms with Crippen LogP contribution < -0.4 is 4.90 Å². The molecule has 0 aliphatic carbocycles. The molecule has 0 radical (unpaired) electrons. The first kappa shape index (κ1) is 24.4. The summed E-state index contributed by atoms with van der Waals surface area (Å²) in [6, 6.07) is 21.8. The average Bonchev–Trinajstić information content (AvgIpc) is 2.86. The van der Waals surface area contributed by atoms with Crippen molar-refractivity contribution in [2.75, 3.05) is 37.6 Å². The minimum absolute atomic E-state index is 0.0891. The summed E-state index contributed by atoms with van der Waals surface area (Å²) < 4.78 is 42.1. The SMILES string of the molecule is O=C(CN(Cc1ccc(Br)cc1)S(=O)(=O)c1ccccc1)N1CCN(c2ccc(F)cc2)CC1. The summed E-state index contributed by atoms with van der Waals surface area (Å²) in [6.07, 6.45) is 0. The van der Waals surface area contributed by atoms with Gasteiger partial charge in [-0.05, 0) is 54.1 Å². The molecule has 34 heavy (non-hydrogen) atoms. The van der Waals surface area contributed by atoms with Gasteiger partial charge in [-0.1, -0.05) is 46.3 Å². The molecule has 0 N–H and O–H groups in total. The number of nitrogens with zero attached hydrogens (tertiary/aromatic N) is 3. The van der Waals surface area contributed by atoms with Crippen LogP contribution in [0.5, 0.6) is 0 Å². The van der Waals surface area contributed by atoms with Gasteiger partial charge in [0.15, 0.2) is 0 Å². The molecule has 3 aromatic carbocycles. The third-order valence-electron chi connectivity index (χ3n) is 5.79. The fraction of sp³-hybridized carbons (Fsp3) is 0.240. The van der Waals surface area contributed by atoms with E-state index in [0.29, 0.717) is 26.2 Å². The molecule has 9 heteroatoms. The van der Waals surface area contributed by atoms with E-state index in [0.717, 1.165) is 15.7 Å². The van der Waals surface area contributed by atoms with Crippen LogP contribution in [0.3, 0.4) is 0 Å². The molecule has 0 aromatic heterocycles. The quantitative estimate of drug-likeness (QED) is 0.448. The Hall–Kier alpha value is -2.75. The monoisotopic (exact) mass is 545 g/mol. The van der Waals surface area contributed by atoms with Gasteiger partial charge in [-0.25, -0.2) is 12.8 Å². The van der Waals surface area contributed by atoms with Gasteiger partial charge in [-0.3, -0.25) is 4.79 Å². The van der Waals surface area contributed by atoms with Gasteiger partial charge < -0.3 is 9.80 Å². The van der Waals surface area contributed by atoms with Crippen LogP contribution in [0.4, 0.5) is 10.1 Å². The Balaban J connectivity index is 1.48. The molecule has 1 aliphatic rings. The van der Waals surface area contributed by atoms with Gasteiger partial charge in [0.1, 0.15) is 5.82 Å². The van der Waals surface area contributed by atoms with Crippen LogP contribution in [0.1, 0.15) is 5.56 Å². The van der Waals surface area contributed by atoms with Crippen molar-refractivity contribution < 1.29 is 17.6 Å². The maximum absolute atomic E-state index is 13.4. The molecule has 0 unspecified atom stereocenters. The fourth-order valence-corrected chi connectivity index (χ4v) is 5.54. The van der Waals surface area contributed by atoms with E-state index < -0.39 is 10.0 Å². The van der Waals surface area contributed by atoms with Gasteiger partial charge in [0.25, 0.3) is 0 Å². The molecule has 0 saturated carbocycles. The Labute approximate surface area is 207 Å². The fourth-order valence-electron chi connectivity index (χ4n) is 3.88. The normalized spacial score (nSPS) is 14.4. The number of sulfonamides is 1. The number of carbonyl (C=O) groups excluding carboxylic acids is 1. The summed E-state index contributed by atoms with van der Waals surface area (Å²) in [5.41, 5.74) is 1.69. The van der Waals surface area contributed by atoms with Gasteiger partial charge in [0.05, 0.1) is 11.4 Å². The van der Waals surface area contributed by atoms with E-state index in [1.54, 1.807) is 35.2 Å². The van der Waals surface area contributed by atoms with E-state index >= 15 is 0 Å². The zero-order valence-electron chi connectivity index (χ0n) is 18.5. The van der Waals surface area contributed by atoms with Crippen molar-refractivity contribution in [2.45, 2.75) is 11.4 Å². The first-order chi connectivity index (χ1) is 16.3. The number of piperazine rings is 1. The van der Waals surface area contributed by atoms with Crippen LogP contribution in [-0.2, 0) is 21.4 Å². The average molecular weight is 546 g/mol. The van der Waals surface area contributed by atoms with Crippen molar-refractivity contribution >= 4 is 37.5 Å². The number of benzene rings is 3. The Morgan fingerprint density at radius 2 is 1.50 bits per heavy atom. The molecule has 1 heterocycles. The molecule has 1 saturated heterocycles.